The quantitative estimate of drug-likeness (QED) is 0.108. The molecule has 0 spiro atoms. The second-order valence-electron chi connectivity index (χ2n) is 6.90. The molecule has 2 nitrogen and oxygen atoms in total. The van der Waals surface area contributed by atoms with Gasteiger partial charge in [0.15, 0.2) is 0 Å². The van der Waals surface area contributed by atoms with Crippen LogP contribution in [-0.2, 0) is 4.79 Å². The predicted molar refractivity (Wildman–Crippen MR) is 130 cm³/mol. The molecule has 0 unspecified atom stereocenters. The lowest BCUT2D eigenvalue weighted by atomic mass is 9.92. The van der Waals surface area contributed by atoms with Crippen LogP contribution in [0.1, 0.15) is 11.1 Å². The van der Waals surface area contributed by atoms with Crippen LogP contribution in [0.15, 0.2) is 120 Å². The number of benzene rings is 4. The summed E-state index contributed by atoms with van der Waals surface area (Å²) in [6.07, 6.45) is 7.30. The Hall–Kier alpha value is -3.56. The summed E-state index contributed by atoms with van der Waals surface area (Å²) in [6, 6.07) is 32.0. The number of hydrogen-bond acceptors (Lipinski definition) is 3. The fourth-order valence-electron chi connectivity index (χ4n) is 3.50. The highest BCUT2D eigenvalue weighted by molar-refractivity contribution is 7.98. The number of para-hydroxylation sites is 1. The standard InChI is InChI=1S/C28H22O2S/c1-31-26-20-19-22-13-8-9-16-24(22)28(26)25(21-11-4-2-5-12-21)17-10-18-27(29)30-23-14-6-3-7-15-23/h2-20H,1H3/b18-10+,25-17-. The van der Waals surface area contributed by atoms with Gasteiger partial charge in [-0.15, -0.1) is 11.8 Å². The summed E-state index contributed by atoms with van der Waals surface area (Å²) in [5.74, 6) is 0.126. The molecular weight excluding hydrogens is 400 g/mol. The fourth-order valence-corrected chi connectivity index (χ4v) is 4.13. The molecule has 0 atom stereocenters. The molecule has 0 aromatic heterocycles. The summed E-state index contributed by atoms with van der Waals surface area (Å²) in [4.78, 5) is 13.4. The number of carbonyl (C=O) groups excluding carboxylic acids is 1. The van der Waals surface area contributed by atoms with Crippen LogP contribution in [0.25, 0.3) is 16.3 Å². The van der Waals surface area contributed by atoms with E-state index in [0.29, 0.717) is 5.75 Å². The molecule has 0 aliphatic rings. The first-order valence-electron chi connectivity index (χ1n) is 10.0. The van der Waals surface area contributed by atoms with E-state index in [0.717, 1.165) is 16.7 Å². The van der Waals surface area contributed by atoms with Crippen molar-refractivity contribution in [2.24, 2.45) is 0 Å². The molecule has 4 aromatic carbocycles. The molecule has 0 N–H and O–H groups in total. The van der Waals surface area contributed by atoms with Crippen LogP contribution in [0.2, 0.25) is 0 Å². The van der Waals surface area contributed by atoms with Crippen molar-refractivity contribution in [3.8, 4) is 5.75 Å². The maximum atomic E-state index is 12.3. The minimum absolute atomic E-state index is 0.405. The van der Waals surface area contributed by atoms with Crippen molar-refractivity contribution in [2.75, 3.05) is 6.26 Å². The summed E-state index contributed by atoms with van der Waals surface area (Å²) in [5.41, 5.74) is 3.32. The molecule has 31 heavy (non-hydrogen) atoms. The van der Waals surface area contributed by atoms with Gasteiger partial charge < -0.3 is 4.74 Å². The van der Waals surface area contributed by atoms with Crippen LogP contribution in [0.3, 0.4) is 0 Å². The van der Waals surface area contributed by atoms with Crippen molar-refractivity contribution in [2.45, 2.75) is 4.90 Å². The van der Waals surface area contributed by atoms with Crippen molar-refractivity contribution >= 4 is 34.1 Å². The average Bonchev–Trinajstić information content (AvgIpc) is 2.82. The molecule has 0 amide bonds. The van der Waals surface area contributed by atoms with Gasteiger partial charge in [-0.3, -0.25) is 0 Å². The molecule has 0 bridgehead atoms. The second kappa shape index (κ2) is 9.96. The highest BCUT2D eigenvalue weighted by Crippen LogP contribution is 2.37. The normalized spacial score (nSPS) is 11.7. The van der Waals surface area contributed by atoms with Crippen molar-refractivity contribution in [3.63, 3.8) is 0 Å². The third kappa shape index (κ3) is 4.96. The number of fused-ring (bicyclic) bond motifs is 1. The zero-order valence-electron chi connectivity index (χ0n) is 17.2. The van der Waals surface area contributed by atoms with Gasteiger partial charge >= 0.3 is 5.97 Å². The lowest BCUT2D eigenvalue weighted by Crippen LogP contribution is -2.03. The van der Waals surface area contributed by atoms with Gasteiger partial charge in [-0.05, 0) is 46.4 Å². The van der Waals surface area contributed by atoms with E-state index in [1.54, 1.807) is 30.0 Å². The molecule has 0 heterocycles. The van der Waals surface area contributed by atoms with E-state index in [1.807, 2.05) is 42.5 Å². The number of hydrogen-bond donors (Lipinski definition) is 0. The zero-order valence-corrected chi connectivity index (χ0v) is 18.0. The van der Waals surface area contributed by atoms with E-state index in [-0.39, 0.29) is 0 Å². The Balaban J connectivity index is 1.76. The average molecular weight is 423 g/mol. The van der Waals surface area contributed by atoms with Gasteiger partial charge in [0.05, 0.1) is 0 Å². The minimum atomic E-state index is -0.405. The van der Waals surface area contributed by atoms with E-state index in [1.165, 1.54) is 21.7 Å². The summed E-state index contributed by atoms with van der Waals surface area (Å²) in [6.45, 7) is 0. The highest BCUT2D eigenvalue weighted by atomic mass is 32.2. The molecule has 0 radical (unpaired) electrons. The summed E-state index contributed by atoms with van der Waals surface area (Å²) < 4.78 is 5.36. The first kappa shape index (κ1) is 20.7. The minimum Gasteiger partial charge on any atom is -0.423 e. The topological polar surface area (TPSA) is 26.3 Å². The van der Waals surface area contributed by atoms with E-state index in [9.17, 15) is 4.79 Å². The number of carbonyl (C=O) groups is 1. The number of thioether (sulfide) groups is 1. The molecule has 0 saturated heterocycles. The first-order chi connectivity index (χ1) is 15.3. The first-order valence-corrected chi connectivity index (χ1v) is 11.3. The summed E-state index contributed by atoms with van der Waals surface area (Å²) >= 11 is 1.72. The monoisotopic (exact) mass is 422 g/mol. The van der Waals surface area contributed by atoms with Gasteiger partial charge in [-0.25, -0.2) is 4.79 Å². The predicted octanol–water partition coefficient (Wildman–Crippen LogP) is 7.16. The lowest BCUT2D eigenvalue weighted by Gasteiger charge is -2.15. The van der Waals surface area contributed by atoms with Gasteiger partial charge in [0.2, 0.25) is 0 Å². The molecule has 0 aliphatic carbocycles. The van der Waals surface area contributed by atoms with E-state index < -0.39 is 5.97 Å². The largest absolute Gasteiger partial charge is 0.423 e. The lowest BCUT2D eigenvalue weighted by molar-refractivity contribution is -0.128. The molecule has 152 valence electrons. The number of rotatable bonds is 6. The van der Waals surface area contributed by atoms with Crippen LogP contribution in [0, 0.1) is 0 Å². The Kier molecular flexibility index (Phi) is 6.65. The number of esters is 1. The molecule has 0 fully saturated rings. The maximum absolute atomic E-state index is 12.3. The van der Waals surface area contributed by atoms with Crippen LogP contribution in [0.5, 0.6) is 5.75 Å². The molecule has 4 aromatic rings. The SMILES string of the molecule is CSc1ccc2ccccc2c1/C(=C\C=C\C(=O)Oc1ccccc1)c1ccccc1. The Labute approximate surface area is 186 Å². The number of ether oxygens (including phenoxy) is 1. The second-order valence-corrected chi connectivity index (χ2v) is 7.75. The van der Waals surface area contributed by atoms with Crippen LogP contribution < -0.4 is 4.74 Å². The smallest absolute Gasteiger partial charge is 0.336 e. The van der Waals surface area contributed by atoms with Crippen molar-refractivity contribution in [1.82, 2.24) is 0 Å². The molecular formula is C28H22O2S. The van der Waals surface area contributed by atoms with Gasteiger partial charge in [0.25, 0.3) is 0 Å². The van der Waals surface area contributed by atoms with Crippen LogP contribution in [-0.4, -0.2) is 12.2 Å². The van der Waals surface area contributed by atoms with Gasteiger partial charge in [-0.2, -0.15) is 0 Å². The molecule has 3 heteroatoms. The molecule has 0 aliphatic heterocycles. The fraction of sp³-hybridized carbons (Fsp3) is 0.0357. The van der Waals surface area contributed by atoms with Gasteiger partial charge in [-0.1, -0.05) is 91.0 Å². The van der Waals surface area contributed by atoms with Crippen LogP contribution >= 0.6 is 11.8 Å². The zero-order chi connectivity index (χ0) is 21.5. The number of allylic oxidation sites excluding steroid dienone is 2. The summed E-state index contributed by atoms with van der Waals surface area (Å²) in [7, 11) is 0. The van der Waals surface area contributed by atoms with Gasteiger partial charge in [0.1, 0.15) is 5.75 Å². The third-order valence-electron chi connectivity index (χ3n) is 4.92. The molecule has 0 saturated carbocycles. The van der Waals surface area contributed by atoms with Crippen molar-refractivity contribution in [1.29, 1.82) is 0 Å². The summed E-state index contributed by atoms with van der Waals surface area (Å²) in [5, 5.41) is 2.37. The highest BCUT2D eigenvalue weighted by Gasteiger charge is 2.13. The van der Waals surface area contributed by atoms with E-state index in [2.05, 4.69) is 54.8 Å². The third-order valence-corrected chi connectivity index (χ3v) is 5.70. The Morgan fingerprint density at radius 2 is 1.48 bits per heavy atom. The Bertz CT molecular complexity index is 1240. The maximum Gasteiger partial charge on any atom is 0.336 e. The van der Waals surface area contributed by atoms with E-state index >= 15 is 0 Å². The van der Waals surface area contributed by atoms with Crippen molar-refractivity contribution in [3.05, 3.63) is 126 Å². The van der Waals surface area contributed by atoms with Gasteiger partial charge in [0, 0.05) is 16.5 Å². The van der Waals surface area contributed by atoms with Crippen molar-refractivity contribution < 1.29 is 9.53 Å². The molecule has 4 rings (SSSR count). The van der Waals surface area contributed by atoms with E-state index in [4.69, 9.17) is 4.74 Å². The Morgan fingerprint density at radius 3 is 2.23 bits per heavy atom. The van der Waals surface area contributed by atoms with Crippen LogP contribution in [0.4, 0.5) is 0 Å². The Morgan fingerprint density at radius 1 is 0.806 bits per heavy atom.